The van der Waals surface area contributed by atoms with Gasteiger partial charge in [-0.15, -0.1) is 0 Å². The molecule has 0 bridgehead atoms. The van der Waals surface area contributed by atoms with Crippen LogP contribution in [0.1, 0.15) is 31.5 Å². The van der Waals surface area contributed by atoms with Gasteiger partial charge in [0.1, 0.15) is 5.75 Å². The third-order valence-electron chi connectivity index (χ3n) is 5.02. The van der Waals surface area contributed by atoms with E-state index in [9.17, 15) is 5.11 Å². The minimum atomic E-state index is -0.271. The molecular formula is C19H23N3O2. The summed E-state index contributed by atoms with van der Waals surface area (Å²) in [6.45, 7) is 8.56. The largest absolute Gasteiger partial charge is 0.492 e. The maximum absolute atomic E-state index is 9.69. The maximum Gasteiger partial charge on any atom is 0.225 e. The molecular weight excluding hydrogens is 302 g/mol. The van der Waals surface area contributed by atoms with Crippen molar-refractivity contribution >= 4 is 5.95 Å². The zero-order valence-corrected chi connectivity index (χ0v) is 14.4. The average molecular weight is 325 g/mol. The summed E-state index contributed by atoms with van der Waals surface area (Å²) in [5, 5.41) is 9.69. The fraction of sp³-hybridized carbons (Fsp3) is 0.474. The fourth-order valence-corrected chi connectivity index (χ4v) is 3.50. The number of anilines is 1. The average Bonchev–Trinajstić information content (AvgIpc) is 3.11. The number of aromatic nitrogens is 2. The molecule has 0 radical (unpaired) electrons. The quantitative estimate of drug-likeness (QED) is 0.920. The number of benzene rings is 1. The molecule has 0 amide bonds. The summed E-state index contributed by atoms with van der Waals surface area (Å²) in [5.74, 6) is 1.68. The molecule has 2 aromatic rings. The van der Waals surface area contributed by atoms with E-state index in [0.717, 1.165) is 42.1 Å². The van der Waals surface area contributed by atoms with Crippen molar-refractivity contribution in [3.63, 3.8) is 0 Å². The third-order valence-corrected chi connectivity index (χ3v) is 5.02. The van der Waals surface area contributed by atoms with Crippen LogP contribution >= 0.6 is 0 Å². The first-order valence-electron chi connectivity index (χ1n) is 8.48. The predicted molar refractivity (Wildman–Crippen MR) is 93.6 cm³/mol. The second-order valence-corrected chi connectivity index (χ2v) is 7.44. The van der Waals surface area contributed by atoms with Gasteiger partial charge in [0.15, 0.2) is 0 Å². The lowest BCUT2D eigenvalue weighted by molar-refractivity contribution is 0.198. The molecule has 2 aliphatic rings. The van der Waals surface area contributed by atoms with Gasteiger partial charge in [-0.1, -0.05) is 19.9 Å². The van der Waals surface area contributed by atoms with Crippen LogP contribution in [0.15, 0.2) is 24.4 Å². The molecule has 1 atom stereocenters. The molecule has 5 nitrogen and oxygen atoms in total. The van der Waals surface area contributed by atoms with Gasteiger partial charge in [0.2, 0.25) is 5.95 Å². The highest BCUT2D eigenvalue weighted by atomic mass is 16.5. The minimum absolute atomic E-state index is 0.0335. The molecule has 2 aliphatic heterocycles. The standard InChI is InChI=1S/C19H23N3O2/c1-12-15(9-20-18(21-12)22-7-6-14(23)10-22)13-4-5-17-16(8-13)19(2,3)11-24-17/h4-5,8-9,14,23H,6-7,10-11H2,1-3H3/t14-/m1/s1. The van der Waals surface area contributed by atoms with Gasteiger partial charge in [0.25, 0.3) is 0 Å². The van der Waals surface area contributed by atoms with Gasteiger partial charge < -0.3 is 14.7 Å². The van der Waals surface area contributed by atoms with Crippen LogP contribution in [0.25, 0.3) is 11.1 Å². The van der Waals surface area contributed by atoms with Crippen LogP contribution in [-0.2, 0) is 5.41 Å². The first-order chi connectivity index (χ1) is 11.4. The number of hydrogen-bond donors (Lipinski definition) is 1. The van der Waals surface area contributed by atoms with E-state index in [0.29, 0.717) is 12.5 Å². The summed E-state index contributed by atoms with van der Waals surface area (Å²) in [4.78, 5) is 11.2. The van der Waals surface area contributed by atoms with Crippen molar-refractivity contribution in [1.29, 1.82) is 0 Å². The minimum Gasteiger partial charge on any atom is -0.492 e. The smallest absolute Gasteiger partial charge is 0.225 e. The maximum atomic E-state index is 9.69. The van der Waals surface area contributed by atoms with Crippen molar-refractivity contribution in [1.82, 2.24) is 9.97 Å². The monoisotopic (exact) mass is 325 g/mol. The molecule has 126 valence electrons. The van der Waals surface area contributed by atoms with E-state index < -0.39 is 0 Å². The van der Waals surface area contributed by atoms with Gasteiger partial charge in [-0.25, -0.2) is 9.97 Å². The molecule has 1 aromatic carbocycles. The zero-order valence-electron chi connectivity index (χ0n) is 14.4. The lowest BCUT2D eigenvalue weighted by Gasteiger charge is -2.18. The van der Waals surface area contributed by atoms with E-state index >= 15 is 0 Å². The normalized spacial score (nSPS) is 21.7. The number of hydrogen-bond acceptors (Lipinski definition) is 5. The molecule has 5 heteroatoms. The number of nitrogens with zero attached hydrogens (tertiary/aromatic N) is 3. The van der Waals surface area contributed by atoms with Crippen LogP contribution in [0.3, 0.4) is 0 Å². The van der Waals surface area contributed by atoms with E-state index in [-0.39, 0.29) is 11.5 Å². The molecule has 1 saturated heterocycles. The summed E-state index contributed by atoms with van der Waals surface area (Å²) in [7, 11) is 0. The topological polar surface area (TPSA) is 58.5 Å². The van der Waals surface area contributed by atoms with Crippen molar-refractivity contribution < 1.29 is 9.84 Å². The van der Waals surface area contributed by atoms with Crippen molar-refractivity contribution in [2.45, 2.75) is 38.7 Å². The Morgan fingerprint density at radius 3 is 2.88 bits per heavy atom. The third kappa shape index (κ3) is 2.53. The molecule has 0 unspecified atom stereocenters. The Morgan fingerprint density at radius 2 is 2.17 bits per heavy atom. The van der Waals surface area contributed by atoms with Crippen LogP contribution in [0.5, 0.6) is 5.75 Å². The highest BCUT2D eigenvalue weighted by molar-refractivity contribution is 5.68. The molecule has 4 rings (SSSR count). The Hall–Kier alpha value is -2.14. The highest BCUT2D eigenvalue weighted by Crippen LogP contribution is 2.40. The van der Waals surface area contributed by atoms with Crippen molar-refractivity contribution in [2.24, 2.45) is 0 Å². The summed E-state index contributed by atoms with van der Waals surface area (Å²) in [6.07, 6.45) is 2.41. The van der Waals surface area contributed by atoms with Crippen molar-refractivity contribution in [3.05, 3.63) is 35.7 Å². The van der Waals surface area contributed by atoms with Crippen LogP contribution in [-0.4, -0.2) is 40.9 Å². The van der Waals surface area contributed by atoms with Gasteiger partial charge >= 0.3 is 0 Å². The van der Waals surface area contributed by atoms with Gasteiger partial charge in [-0.05, 0) is 31.0 Å². The highest BCUT2D eigenvalue weighted by Gasteiger charge is 2.32. The van der Waals surface area contributed by atoms with E-state index in [1.54, 1.807) is 0 Å². The van der Waals surface area contributed by atoms with E-state index in [4.69, 9.17) is 4.74 Å². The second kappa shape index (κ2) is 5.45. The first-order valence-corrected chi connectivity index (χ1v) is 8.48. The number of rotatable bonds is 2. The molecule has 1 fully saturated rings. The molecule has 0 aliphatic carbocycles. The Kier molecular flexibility index (Phi) is 3.49. The summed E-state index contributed by atoms with van der Waals surface area (Å²) < 4.78 is 5.77. The Morgan fingerprint density at radius 1 is 1.33 bits per heavy atom. The lowest BCUT2D eigenvalue weighted by atomic mass is 9.85. The SMILES string of the molecule is Cc1nc(N2CC[C@@H](O)C2)ncc1-c1ccc2c(c1)C(C)(C)CO2. The summed E-state index contributed by atoms with van der Waals surface area (Å²) >= 11 is 0. The fourth-order valence-electron chi connectivity index (χ4n) is 3.50. The molecule has 0 spiro atoms. The number of ether oxygens (including phenoxy) is 1. The van der Waals surface area contributed by atoms with Crippen LogP contribution in [0, 0.1) is 6.92 Å². The van der Waals surface area contributed by atoms with Crippen LogP contribution in [0.2, 0.25) is 0 Å². The van der Waals surface area contributed by atoms with Crippen molar-refractivity contribution in [2.75, 3.05) is 24.6 Å². The second-order valence-electron chi connectivity index (χ2n) is 7.44. The Bertz CT molecular complexity index is 788. The zero-order chi connectivity index (χ0) is 16.9. The molecule has 3 heterocycles. The molecule has 1 aromatic heterocycles. The Balaban J connectivity index is 1.68. The van der Waals surface area contributed by atoms with Crippen molar-refractivity contribution in [3.8, 4) is 16.9 Å². The van der Waals surface area contributed by atoms with Gasteiger partial charge in [0.05, 0.1) is 18.4 Å². The number of β-amino-alcohol motifs (C(OH)–C–C–N with tert-alkyl or cyclic N) is 1. The number of fused-ring (bicyclic) bond motifs is 1. The summed E-state index contributed by atoms with van der Waals surface area (Å²) in [5.41, 5.74) is 4.40. The number of aliphatic hydroxyl groups is 1. The van der Waals surface area contributed by atoms with Gasteiger partial charge in [-0.2, -0.15) is 0 Å². The van der Waals surface area contributed by atoms with Crippen LogP contribution in [0.4, 0.5) is 5.95 Å². The van der Waals surface area contributed by atoms with E-state index in [2.05, 4.69) is 35.9 Å². The van der Waals surface area contributed by atoms with E-state index in [1.807, 2.05) is 24.1 Å². The van der Waals surface area contributed by atoms with E-state index in [1.165, 1.54) is 5.56 Å². The molecule has 0 saturated carbocycles. The van der Waals surface area contributed by atoms with Crippen LogP contribution < -0.4 is 9.64 Å². The Labute approximate surface area is 142 Å². The number of aryl methyl sites for hydroxylation is 1. The van der Waals surface area contributed by atoms with Gasteiger partial charge in [-0.3, -0.25) is 0 Å². The lowest BCUT2D eigenvalue weighted by Crippen LogP contribution is -2.23. The molecule has 24 heavy (non-hydrogen) atoms. The first kappa shape index (κ1) is 15.4. The molecule has 1 N–H and O–H groups in total. The summed E-state index contributed by atoms with van der Waals surface area (Å²) in [6, 6.07) is 6.32. The predicted octanol–water partition coefficient (Wildman–Crippen LogP) is 2.69. The number of aliphatic hydroxyl groups excluding tert-OH is 1. The van der Waals surface area contributed by atoms with Gasteiger partial charge in [0, 0.05) is 35.8 Å².